The van der Waals surface area contributed by atoms with Crippen LogP contribution >= 0.6 is 0 Å². The van der Waals surface area contributed by atoms with Gasteiger partial charge in [0.2, 0.25) is 0 Å². The zero-order valence-electron chi connectivity index (χ0n) is 17.4. The van der Waals surface area contributed by atoms with Gasteiger partial charge in [0.25, 0.3) is 0 Å². The molecule has 0 spiro atoms. The van der Waals surface area contributed by atoms with E-state index >= 15 is 0 Å². The Bertz CT molecular complexity index is 1410. The Morgan fingerprint density at radius 2 is 1.88 bits per heavy atom. The maximum atomic E-state index is 5.99. The minimum atomic E-state index is 0.463. The van der Waals surface area contributed by atoms with Crippen LogP contribution in [0.5, 0.6) is 5.75 Å². The highest BCUT2D eigenvalue weighted by atomic mass is 16.5. The van der Waals surface area contributed by atoms with Crippen molar-refractivity contribution < 1.29 is 9.26 Å². The van der Waals surface area contributed by atoms with Crippen molar-refractivity contribution in [2.24, 2.45) is 0 Å². The lowest BCUT2D eigenvalue weighted by Gasteiger charge is -2.07. The smallest absolute Gasteiger partial charge is 0.170 e. The fourth-order valence-corrected chi connectivity index (χ4v) is 4.08. The summed E-state index contributed by atoms with van der Waals surface area (Å²) in [7, 11) is 0. The molecular formula is C25H19N5O2. The van der Waals surface area contributed by atoms with Crippen molar-refractivity contribution in [3.05, 3.63) is 89.9 Å². The van der Waals surface area contributed by atoms with E-state index in [1.165, 1.54) is 5.56 Å². The summed E-state index contributed by atoms with van der Waals surface area (Å²) >= 11 is 0. The van der Waals surface area contributed by atoms with Gasteiger partial charge in [-0.05, 0) is 30.7 Å². The van der Waals surface area contributed by atoms with E-state index in [1.807, 2.05) is 67.7 Å². The van der Waals surface area contributed by atoms with Crippen molar-refractivity contribution in [1.29, 1.82) is 0 Å². The van der Waals surface area contributed by atoms with Crippen LogP contribution in [-0.4, -0.2) is 24.9 Å². The number of fused-ring (bicyclic) bond motifs is 3. The molecule has 156 valence electrons. The van der Waals surface area contributed by atoms with Gasteiger partial charge in [0.15, 0.2) is 11.6 Å². The lowest BCUT2D eigenvalue weighted by molar-refractivity contribution is 0.306. The standard InChI is InChI=1S/C25H19N5O2/c1-16-22(23(29-32-16)18-7-3-2-4-8-18)25-28-27-24-21-12-20(10-9-19(21)14-30(24)25)31-15-17-6-5-11-26-13-17/h2-13H,14-15H2,1H3. The highest BCUT2D eigenvalue weighted by molar-refractivity contribution is 5.80. The molecule has 0 saturated heterocycles. The molecule has 32 heavy (non-hydrogen) atoms. The zero-order valence-corrected chi connectivity index (χ0v) is 17.4. The van der Waals surface area contributed by atoms with Gasteiger partial charge in [0.1, 0.15) is 23.8 Å². The number of rotatable bonds is 5. The molecule has 2 aromatic carbocycles. The quantitative estimate of drug-likeness (QED) is 0.393. The number of benzene rings is 2. The molecule has 3 aromatic heterocycles. The first-order valence-corrected chi connectivity index (χ1v) is 10.4. The maximum absolute atomic E-state index is 5.99. The lowest BCUT2D eigenvalue weighted by Crippen LogP contribution is -1.98. The van der Waals surface area contributed by atoms with Gasteiger partial charge in [-0.1, -0.05) is 47.6 Å². The van der Waals surface area contributed by atoms with Crippen LogP contribution in [0.25, 0.3) is 34.0 Å². The molecule has 0 fully saturated rings. The number of aryl methyl sites for hydroxylation is 1. The Morgan fingerprint density at radius 3 is 2.72 bits per heavy atom. The van der Waals surface area contributed by atoms with Crippen molar-refractivity contribution in [3.63, 3.8) is 0 Å². The third-order valence-electron chi connectivity index (χ3n) is 5.66. The highest BCUT2D eigenvalue weighted by Crippen LogP contribution is 2.39. The van der Waals surface area contributed by atoms with Crippen molar-refractivity contribution in [1.82, 2.24) is 24.9 Å². The molecular weight excluding hydrogens is 402 g/mol. The number of hydrogen-bond acceptors (Lipinski definition) is 6. The summed E-state index contributed by atoms with van der Waals surface area (Å²) in [5.74, 6) is 3.08. The molecule has 7 heteroatoms. The molecule has 1 aliphatic heterocycles. The molecule has 1 aliphatic rings. The Kier molecular flexibility index (Phi) is 4.31. The highest BCUT2D eigenvalue weighted by Gasteiger charge is 2.29. The van der Waals surface area contributed by atoms with Gasteiger partial charge in [0.05, 0.1) is 12.1 Å². The van der Waals surface area contributed by atoms with Crippen LogP contribution < -0.4 is 4.74 Å². The van der Waals surface area contributed by atoms with E-state index in [0.29, 0.717) is 13.2 Å². The first-order chi connectivity index (χ1) is 15.8. The molecule has 6 rings (SSSR count). The first kappa shape index (κ1) is 18.5. The average molecular weight is 421 g/mol. The predicted octanol–water partition coefficient (Wildman–Crippen LogP) is 4.91. The van der Waals surface area contributed by atoms with Crippen molar-refractivity contribution in [3.8, 4) is 39.8 Å². The molecule has 0 radical (unpaired) electrons. The number of aromatic nitrogens is 5. The summed E-state index contributed by atoms with van der Waals surface area (Å²) in [6.45, 7) is 3.06. The largest absolute Gasteiger partial charge is 0.489 e. The lowest BCUT2D eigenvalue weighted by atomic mass is 10.1. The van der Waals surface area contributed by atoms with Crippen LogP contribution in [0.15, 0.2) is 77.6 Å². The number of pyridine rings is 1. The second-order valence-electron chi connectivity index (χ2n) is 7.73. The van der Waals surface area contributed by atoms with Crippen LogP contribution in [0.1, 0.15) is 16.9 Å². The molecule has 0 N–H and O–H groups in total. The second kappa shape index (κ2) is 7.46. The van der Waals surface area contributed by atoms with E-state index in [2.05, 4.69) is 31.0 Å². The fourth-order valence-electron chi connectivity index (χ4n) is 4.08. The molecule has 4 heterocycles. The van der Waals surface area contributed by atoms with Crippen LogP contribution in [0.4, 0.5) is 0 Å². The van der Waals surface area contributed by atoms with Crippen molar-refractivity contribution in [2.45, 2.75) is 20.1 Å². The summed E-state index contributed by atoms with van der Waals surface area (Å²) in [6.07, 6.45) is 3.56. The zero-order chi connectivity index (χ0) is 21.5. The number of hydrogen-bond donors (Lipinski definition) is 0. The summed E-state index contributed by atoms with van der Waals surface area (Å²) in [4.78, 5) is 4.13. The third kappa shape index (κ3) is 3.06. The van der Waals surface area contributed by atoms with E-state index in [9.17, 15) is 0 Å². The summed E-state index contributed by atoms with van der Waals surface area (Å²) in [6, 6.07) is 20.0. The van der Waals surface area contributed by atoms with Crippen LogP contribution in [-0.2, 0) is 13.2 Å². The van der Waals surface area contributed by atoms with Gasteiger partial charge in [-0.25, -0.2) is 0 Å². The molecule has 0 aliphatic carbocycles. The summed E-state index contributed by atoms with van der Waals surface area (Å²) < 4.78 is 13.6. The Balaban J connectivity index is 1.35. The molecule has 0 unspecified atom stereocenters. The van der Waals surface area contributed by atoms with Gasteiger partial charge in [0, 0.05) is 29.1 Å². The molecule has 0 amide bonds. The van der Waals surface area contributed by atoms with Crippen LogP contribution in [0.2, 0.25) is 0 Å². The van der Waals surface area contributed by atoms with Gasteiger partial charge < -0.3 is 13.8 Å². The predicted molar refractivity (Wildman–Crippen MR) is 119 cm³/mol. The normalized spacial score (nSPS) is 11.9. The molecule has 7 nitrogen and oxygen atoms in total. The monoisotopic (exact) mass is 421 g/mol. The van der Waals surface area contributed by atoms with E-state index in [0.717, 1.165) is 51.1 Å². The van der Waals surface area contributed by atoms with E-state index < -0.39 is 0 Å². The topological polar surface area (TPSA) is 78.9 Å². The Morgan fingerprint density at radius 1 is 1.00 bits per heavy atom. The van der Waals surface area contributed by atoms with E-state index in [4.69, 9.17) is 9.26 Å². The second-order valence-corrected chi connectivity index (χ2v) is 7.73. The number of ether oxygens (including phenoxy) is 1. The summed E-state index contributed by atoms with van der Waals surface area (Å²) in [5, 5.41) is 13.3. The SMILES string of the molecule is Cc1onc(-c2ccccc2)c1-c1nnc2n1Cc1ccc(OCc3cccnc3)cc1-2. The molecule has 0 bridgehead atoms. The Hall–Kier alpha value is -4.26. The van der Waals surface area contributed by atoms with Gasteiger partial charge >= 0.3 is 0 Å². The van der Waals surface area contributed by atoms with Crippen molar-refractivity contribution in [2.75, 3.05) is 0 Å². The molecule has 0 saturated carbocycles. The van der Waals surface area contributed by atoms with Gasteiger partial charge in [-0.3, -0.25) is 4.98 Å². The third-order valence-corrected chi connectivity index (χ3v) is 5.66. The Labute approximate surface area is 184 Å². The van der Waals surface area contributed by atoms with E-state index in [1.54, 1.807) is 6.20 Å². The average Bonchev–Trinajstić information content (AvgIpc) is 3.52. The molecule has 0 atom stereocenters. The minimum absolute atomic E-state index is 0.463. The fraction of sp³-hybridized carbons (Fsp3) is 0.120. The van der Waals surface area contributed by atoms with Crippen molar-refractivity contribution >= 4 is 0 Å². The van der Waals surface area contributed by atoms with E-state index in [-0.39, 0.29) is 0 Å². The number of nitrogens with zero attached hydrogens (tertiary/aromatic N) is 5. The maximum Gasteiger partial charge on any atom is 0.170 e. The van der Waals surface area contributed by atoms with Crippen LogP contribution in [0.3, 0.4) is 0 Å². The summed E-state index contributed by atoms with van der Waals surface area (Å²) in [5.41, 5.74) is 5.86. The first-order valence-electron chi connectivity index (χ1n) is 10.4. The van der Waals surface area contributed by atoms with Crippen LogP contribution in [0, 0.1) is 6.92 Å². The van der Waals surface area contributed by atoms with Gasteiger partial charge in [-0.2, -0.15) is 0 Å². The molecule has 5 aromatic rings. The van der Waals surface area contributed by atoms with Gasteiger partial charge in [-0.15, -0.1) is 10.2 Å². The minimum Gasteiger partial charge on any atom is -0.489 e.